The molecule has 0 aromatic heterocycles. The first-order valence-electron chi connectivity index (χ1n) is 7.84. The number of carbonyl (C=O) groups is 2. The zero-order chi connectivity index (χ0) is 18.7. The lowest BCUT2D eigenvalue weighted by molar-refractivity contribution is -0.119. The average molecular weight is 390 g/mol. The summed E-state index contributed by atoms with van der Waals surface area (Å²) in [5, 5.41) is 9.67. The van der Waals surface area contributed by atoms with Crippen LogP contribution in [0.5, 0.6) is 5.75 Å². The van der Waals surface area contributed by atoms with Crippen LogP contribution < -0.4 is 9.64 Å². The minimum absolute atomic E-state index is 0.101. The van der Waals surface area contributed by atoms with E-state index in [1.54, 1.807) is 48.5 Å². The van der Waals surface area contributed by atoms with Gasteiger partial charge in [0, 0.05) is 16.3 Å². The minimum Gasteiger partial charge on any atom is -0.496 e. The molecule has 0 spiro atoms. The molecule has 1 N–H and O–H groups in total. The van der Waals surface area contributed by atoms with Crippen molar-refractivity contribution in [3.63, 3.8) is 0 Å². The van der Waals surface area contributed by atoms with Crippen molar-refractivity contribution in [1.82, 2.24) is 0 Å². The molecule has 2 amide bonds. The Balaban J connectivity index is 2.11. The van der Waals surface area contributed by atoms with Gasteiger partial charge in [0.1, 0.15) is 5.75 Å². The number of halogens is 1. The third-order valence-corrected chi connectivity index (χ3v) is 5.15. The molecule has 2 aromatic rings. The zero-order valence-electron chi connectivity index (χ0n) is 13.9. The Labute approximate surface area is 160 Å². The number of hydrogen-bond donors (Lipinski definition) is 1. The van der Waals surface area contributed by atoms with Crippen LogP contribution >= 0.6 is 23.4 Å². The molecule has 0 radical (unpaired) electrons. The molecule has 26 heavy (non-hydrogen) atoms. The summed E-state index contributed by atoms with van der Waals surface area (Å²) < 4.78 is 5.36. The highest BCUT2D eigenvalue weighted by Gasteiger charge is 2.41. The maximum atomic E-state index is 13.1. The number of rotatable bonds is 6. The minimum atomic E-state index is -0.428. The summed E-state index contributed by atoms with van der Waals surface area (Å²) in [5.41, 5.74) is 1.27. The first kappa shape index (κ1) is 18.5. The summed E-state index contributed by atoms with van der Waals surface area (Å²) in [7, 11) is 1.51. The second-order valence-electron chi connectivity index (χ2n) is 5.40. The first-order chi connectivity index (χ1) is 12.6. The number of thioether (sulfide) groups is 1. The normalized spacial score (nSPS) is 14.3. The number of nitrogens with zero attached hydrogens (tertiary/aromatic N) is 1. The number of methoxy groups -OCH3 is 1. The van der Waals surface area contributed by atoms with Gasteiger partial charge in [-0.15, -0.1) is 11.8 Å². The fourth-order valence-electron chi connectivity index (χ4n) is 2.70. The number of amides is 2. The second-order valence-corrected chi connectivity index (χ2v) is 6.94. The zero-order valence-corrected chi connectivity index (χ0v) is 15.5. The Hall–Kier alpha value is -2.28. The highest BCUT2D eigenvalue weighted by atomic mass is 35.5. The Morgan fingerprint density at radius 3 is 2.42 bits per heavy atom. The van der Waals surface area contributed by atoms with Crippen molar-refractivity contribution >= 4 is 46.4 Å². The topological polar surface area (TPSA) is 66.8 Å². The Bertz CT molecular complexity index is 879. The lowest BCUT2D eigenvalue weighted by atomic mass is 10.0. The highest BCUT2D eigenvalue weighted by molar-refractivity contribution is 8.04. The number of aliphatic hydroxyl groups is 1. The molecule has 5 nitrogen and oxygen atoms in total. The van der Waals surface area contributed by atoms with Crippen LogP contribution in [0.4, 0.5) is 5.69 Å². The predicted molar refractivity (Wildman–Crippen MR) is 103 cm³/mol. The molecule has 0 bridgehead atoms. The van der Waals surface area contributed by atoms with Gasteiger partial charge in [0.2, 0.25) is 0 Å². The van der Waals surface area contributed by atoms with E-state index in [0.29, 0.717) is 32.7 Å². The fraction of sp³-hybridized carbons (Fsp3) is 0.158. The third-order valence-electron chi connectivity index (χ3n) is 3.84. The van der Waals surface area contributed by atoms with Gasteiger partial charge in [0.05, 0.1) is 29.9 Å². The van der Waals surface area contributed by atoms with E-state index < -0.39 is 11.8 Å². The van der Waals surface area contributed by atoms with Gasteiger partial charge in [0.15, 0.2) is 0 Å². The molecular weight excluding hydrogens is 374 g/mol. The van der Waals surface area contributed by atoms with Crippen LogP contribution in [0.15, 0.2) is 53.4 Å². The van der Waals surface area contributed by atoms with Gasteiger partial charge in [-0.25, -0.2) is 4.90 Å². The van der Waals surface area contributed by atoms with Gasteiger partial charge in [-0.05, 0) is 30.3 Å². The smallest absolute Gasteiger partial charge is 0.272 e. The van der Waals surface area contributed by atoms with Crippen molar-refractivity contribution in [2.75, 3.05) is 24.4 Å². The number of anilines is 1. The molecule has 3 rings (SSSR count). The third kappa shape index (κ3) is 3.35. The van der Waals surface area contributed by atoms with Crippen LogP contribution in [-0.4, -0.2) is 36.4 Å². The lowest BCUT2D eigenvalue weighted by Crippen LogP contribution is -2.31. The summed E-state index contributed by atoms with van der Waals surface area (Å²) in [5.74, 6) is -0.0378. The molecule has 0 saturated carbocycles. The summed E-state index contributed by atoms with van der Waals surface area (Å²) in [6, 6.07) is 13.5. The first-order valence-corrected chi connectivity index (χ1v) is 9.20. The standard InChI is InChI=1S/C19H16ClNO4S/c1-25-15-5-3-2-4-14(15)16-17(26-11-10-22)19(24)21(18(16)23)13-8-6-12(20)7-9-13/h2-9,22H,10-11H2,1H3. The van der Waals surface area contributed by atoms with E-state index in [2.05, 4.69) is 0 Å². The molecule has 0 unspecified atom stereocenters. The Morgan fingerprint density at radius 2 is 1.77 bits per heavy atom. The van der Waals surface area contributed by atoms with Crippen LogP contribution in [0, 0.1) is 0 Å². The molecule has 2 aromatic carbocycles. The van der Waals surface area contributed by atoms with Crippen LogP contribution in [-0.2, 0) is 9.59 Å². The van der Waals surface area contributed by atoms with Gasteiger partial charge in [-0.1, -0.05) is 29.8 Å². The molecule has 0 fully saturated rings. The van der Waals surface area contributed by atoms with Crippen LogP contribution in [0.25, 0.3) is 5.57 Å². The molecule has 1 aliphatic heterocycles. The largest absolute Gasteiger partial charge is 0.496 e. The fourth-order valence-corrected chi connectivity index (χ4v) is 3.68. The highest BCUT2D eigenvalue weighted by Crippen LogP contribution is 2.41. The van der Waals surface area contributed by atoms with E-state index in [4.69, 9.17) is 21.4 Å². The summed E-state index contributed by atoms with van der Waals surface area (Å²) in [6.45, 7) is -0.101. The predicted octanol–water partition coefficient (Wildman–Crippen LogP) is 3.36. The van der Waals surface area contributed by atoms with E-state index in [1.165, 1.54) is 7.11 Å². The number of hydrogen-bond acceptors (Lipinski definition) is 5. The maximum Gasteiger partial charge on any atom is 0.272 e. The van der Waals surface area contributed by atoms with Gasteiger partial charge in [-0.2, -0.15) is 0 Å². The van der Waals surface area contributed by atoms with Gasteiger partial charge in [-0.3, -0.25) is 9.59 Å². The van der Waals surface area contributed by atoms with Crippen molar-refractivity contribution in [2.24, 2.45) is 0 Å². The monoisotopic (exact) mass is 389 g/mol. The van der Waals surface area contributed by atoms with Gasteiger partial charge in [0.25, 0.3) is 11.8 Å². The van der Waals surface area contributed by atoms with Crippen molar-refractivity contribution in [3.8, 4) is 5.75 Å². The molecule has 0 atom stereocenters. The second kappa shape index (κ2) is 7.95. The van der Waals surface area contributed by atoms with E-state index in [9.17, 15) is 9.59 Å². The van der Waals surface area contributed by atoms with E-state index in [0.717, 1.165) is 16.7 Å². The molecule has 0 aliphatic carbocycles. The molecule has 0 saturated heterocycles. The van der Waals surface area contributed by atoms with E-state index >= 15 is 0 Å². The van der Waals surface area contributed by atoms with Crippen molar-refractivity contribution < 1.29 is 19.4 Å². The number of benzene rings is 2. The average Bonchev–Trinajstić information content (AvgIpc) is 2.90. The number of ether oxygens (including phenoxy) is 1. The number of carbonyl (C=O) groups excluding carboxylic acids is 2. The number of para-hydroxylation sites is 1. The van der Waals surface area contributed by atoms with Gasteiger partial charge >= 0.3 is 0 Å². The molecule has 7 heteroatoms. The van der Waals surface area contributed by atoms with Crippen molar-refractivity contribution in [2.45, 2.75) is 0 Å². The number of imide groups is 1. The van der Waals surface area contributed by atoms with E-state index in [1.807, 2.05) is 0 Å². The molecule has 134 valence electrons. The molecule has 1 heterocycles. The quantitative estimate of drug-likeness (QED) is 0.767. The SMILES string of the molecule is COc1ccccc1C1=C(SCCO)C(=O)N(c2ccc(Cl)cc2)C1=O. The van der Waals surface area contributed by atoms with Crippen LogP contribution in [0.3, 0.4) is 0 Å². The van der Waals surface area contributed by atoms with E-state index in [-0.39, 0.29) is 12.2 Å². The lowest BCUT2D eigenvalue weighted by Gasteiger charge is -2.15. The Morgan fingerprint density at radius 1 is 1.08 bits per heavy atom. The molecular formula is C19H16ClNO4S. The van der Waals surface area contributed by atoms with Crippen LogP contribution in [0.1, 0.15) is 5.56 Å². The van der Waals surface area contributed by atoms with Crippen molar-refractivity contribution in [3.05, 3.63) is 64.0 Å². The van der Waals surface area contributed by atoms with Gasteiger partial charge < -0.3 is 9.84 Å². The summed E-state index contributed by atoms with van der Waals surface area (Å²) >= 11 is 7.06. The Kier molecular flexibility index (Phi) is 5.66. The molecule has 1 aliphatic rings. The maximum absolute atomic E-state index is 13.1. The van der Waals surface area contributed by atoms with Crippen LogP contribution in [0.2, 0.25) is 5.02 Å². The summed E-state index contributed by atoms with van der Waals surface area (Å²) in [6.07, 6.45) is 0. The van der Waals surface area contributed by atoms with Crippen molar-refractivity contribution in [1.29, 1.82) is 0 Å². The number of aliphatic hydroxyl groups excluding tert-OH is 1. The summed E-state index contributed by atoms with van der Waals surface area (Å²) in [4.78, 5) is 27.5.